The Kier molecular flexibility index (Phi) is 5.38. The highest BCUT2D eigenvalue weighted by Crippen LogP contribution is 2.27. The minimum absolute atomic E-state index is 0.191. The Morgan fingerprint density at radius 1 is 1.40 bits per heavy atom. The van der Waals surface area contributed by atoms with Crippen molar-refractivity contribution in [3.63, 3.8) is 0 Å². The van der Waals surface area contributed by atoms with Crippen LogP contribution < -0.4 is 10.2 Å². The van der Waals surface area contributed by atoms with E-state index in [-0.39, 0.29) is 12.1 Å². The maximum atomic E-state index is 10.2. The fourth-order valence-corrected chi connectivity index (χ4v) is 2.90. The predicted octanol–water partition coefficient (Wildman–Crippen LogP) is 2.32. The van der Waals surface area contributed by atoms with E-state index in [1.165, 1.54) is 12.0 Å². The molecule has 1 aromatic heterocycles. The lowest BCUT2D eigenvalue weighted by molar-refractivity contribution is 0.106. The van der Waals surface area contributed by atoms with Crippen molar-refractivity contribution < 1.29 is 5.11 Å². The highest BCUT2D eigenvalue weighted by Gasteiger charge is 2.28. The molecule has 0 amide bonds. The van der Waals surface area contributed by atoms with Crippen molar-refractivity contribution in [1.82, 2.24) is 10.3 Å². The summed E-state index contributed by atoms with van der Waals surface area (Å²) in [6, 6.07) is 4.74. The summed E-state index contributed by atoms with van der Waals surface area (Å²) in [6.45, 7) is 5.10. The minimum Gasteiger partial charge on any atom is -0.391 e. The third-order valence-corrected chi connectivity index (χ3v) is 4.09. The molecule has 0 aliphatic heterocycles. The Balaban J connectivity index is 2.13. The summed E-state index contributed by atoms with van der Waals surface area (Å²) >= 11 is 0. The molecular weight excluding hydrogens is 250 g/mol. The normalized spacial score (nSPS) is 23.1. The second-order valence-electron chi connectivity index (χ2n) is 6.05. The van der Waals surface area contributed by atoms with E-state index in [0.717, 1.165) is 31.6 Å². The standard InChI is InChI=1S/C16H27N3O/c1-12(2)18-11-13-7-6-10-17-16(13)19(3)14-8-4-5-9-15(14)20/h6-7,10,12,14-15,18,20H,4-5,8-9,11H2,1-3H3. The number of likely N-dealkylation sites (N-methyl/N-ethyl adjacent to an activating group) is 1. The maximum Gasteiger partial charge on any atom is 0.133 e. The second kappa shape index (κ2) is 7.04. The third kappa shape index (κ3) is 3.70. The van der Waals surface area contributed by atoms with Gasteiger partial charge in [-0.05, 0) is 18.9 Å². The van der Waals surface area contributed by atoms with Gasteiger partial charge in [-0.15, -0.1) is 0 Å². The molecule has 0 spiro atoms. The quantitative estimate of drug-likeness (QED) is 0.867. The van der Waals surface area contributed by atoms with Crippen LogP contribution in [0.25, 0.3) is 0 Å². The van der Waals surface area contributed by atoms with Crippen molar-refractivity contribution in [3.8, 4) is 0 Å². The van der Waals surface area contributed by atoms with E-state index in [4.69, 9.17) is 0 Å². The molecule has 0 bridgehead atoms. The molecular formula is C16H27N3O. The van der Waals surface area contributed by atoms with Gasteiger partial charge in [0.1, 0.15) is 5.82 Å². The second-order valence-corrected chi connectivity index (χ2v) is 6.05. The number of nitrogens with one attached hydrogen (secondary N) is 1. The van der Waals surface area contributed by atoms with Crippen molar-refractivity contribution in [1.29, 1.82) is 0 Å². The first kappa shape index (κ1) is 15.3. The summed E-state index contributed by atoms with van der Waals surface area (Å²) in [6.07, 6.45) is 5.88. The van der Waals surface area contributed by atoms with Gasteiger partial charge in [-0.2, -0.15) is 0 Å². The molecule has 1 saturated carbocycles. The monoisotopic (exact) mass is 277 g/mol. The molecule has 1 aliphatic carbocycles. The van der Waals surface area contributed by atoms with E-state index in [1.54, 1.807) is 0 Å². The van der Waals surface area contributed by atoms with Crippen LogP contribution in [0.2, 0.25) is 0 Å². The smallest absolute Gasteiger partial charge is 0.133 e. The fraction of sp³-hybridized carbons (Fsp3) is 0.688. The predicted molar refractivity (Wildman–Crippen MR) is 82.9 cm³/mol. The molecule has 1 aliphatic rings. The summed E-state index contributed by atoms with van der Waals surface area (Å²) in [5, 5.41) is 13.7. The SMILES string of the molecule is CC(C)NCc1cccnc1N(C)C1CCCCC1O. The Morgan fingerprint density at radius 2 is 2.15 bits per heavy atom. The van der Waals surface area contributed by atoms with Crippen LogP contribution in [0.3, 0.4) is 0 Å². The van der Waals surface area contributed by atoms with Crippen LogP contribution in [0.5, 0.6) is 0 Å². The van der Waals surface area contributed by atoms with Gasteiger partial charge in [0.05, 0.1) is 12.1 Å². The number of aliphatic hydroxyl groups excluding tert-OH is 1. The summed E-state index contributed by atoms with van der Waals surface area (Å²) in [7, 11) is 2.06. The van der Waals surface area contributed by atoms with Gasteiger partial charge in [0, 0.05) is 31.4 Å². The number of hydrogen-bond acceptors (Lipinski definition) is 4. The molecule has 1 aromatic rings. The van der Waals surface area contributed by atoms with E-state index >= 15 is 0 Å². The van der Waals surface area contributed by atoms with E-state index in [1.807, 2.05) is 12.3 Å². The topological polar surface area (TPSA) is 48.4 Å². The first-order valence-corrected chi connectivity index (χ1v) is 7.67. The first-order chi connectivity index (χ1) is 9.59. The highest BCUT2D eigenvalue weighted by atomic mass is 16.3. The van der Waals surface area contributed by atoms with Crippen molar-refractivity contribution in [2.75, 3.05) is 11.9 Å². The molecule has 2 rings (SSSR count). The van der Waals surface area contributed by atoms with Crippen molar-refractivity contribution in [3.05, 3.63) is 23.9 Å². The zero-order valence-corrected chi connectivity index (χ0v) is 12.8. The maximum absolute atomic E-state index is 10.2. The molecule has 2 unspecified atom stereocenters. The number of nitrogens with zero attached hydrogens (tertiary/aromatic N) is 2. The molecule has 112 valence electrons. The Hall–Kier alpha value is -1.13. The zero-order valence-electron chi connectivity index (χ0n) is 12.8. The van der Waals surface area contributed by atoms with E-state index in [0.29, 0.717) is 6.04 Å². The summed E-state index contributed by atoms with van der Waals surface area (Å²) in [5.41, 5.74) is 1.20. The molecule has 2 N–H and O–H groups in total. The summed E-state index contributed by atoms with van der Waals surface area (Å²) in [4.78, 5) is 6.71. The third-order valence-electron chi connectivity index (χ3n) is 4.09. The molecule has 1 fully saturated rings. The molecule has 0 aromatic carbocycles. The molecule has 4 nitrogen and oxygen atoms in total. The Labute approximate surface area is 122 Å². The van der Waals surface area contributed by atoms with Crippen LogP contribution in [0.1, 0.15) is 45.1 Å². The number of pyridine rings is 1. The van der Waals surface area contributed by atoms with Gasteiger partial charge in [-0.25, -0.2) is 4.98 Å². The van der Waals surface area contributed by atoms with Crippen LogP contribution in [-0.4, -0.2) is 35.3 Å². The van der Waals surface area contributed by atoms with Crippen LogP contribution in [0.4, 0.5) is 5.82 Å². The fourth-order valence-electron chi connectivity index (χ4n) is 2.90. The van der Waals surface area contributed by atoms with Gasteiger partial charge in [-0.3, -0.25) is 0 Å². The average molecular weight is 277 g/mol. The number of rotatable bonds is 5. The summed E-state index contributed by atoms with van der Waals surface area (Å²) in [5.74, 6) is 0.992. The van der Waals surface area contributed by atoms with Gasteiger partial charge in [0.2, 0.25) is 0 Å². The van der Waals surface area contributed by atoms with Crippen LogP contribution in [-0.2, 0) is 6.54 Å². The number of aliphatic hydroxyl groups is 1. The number of aromatic nitrogens is 1. The molecule has 0 radical (unpaired) electrons. The van der Waals surface area contributed by atoms with Crippen molar-refractivity contribution in [2.45, 2.75) is 64.3 Å². The van der Waals surface area contributed by atoms with E-state index < -0.39 is 0 Å². The van der Waals surface area contributed by atoms with Gasteiger partial charge in [0.15, 0.2) is 0 Å². The largest absolute Gasteiger partial charge is 0.391 e. The lowest BCUT2D eigenvalue weighted by Gasteiger charge is -2.36. The van der Waals surface area contributed by atoms with Gasteiger partial charge >= 0.3 is 0 Å². The Morgan fingerprint density at radius 3 is 2.85 bits per heavy atom. The van der Waals surface area contributed by atoms with Crippen molar-refractivity contribution in [2.24, 2.45) is 0 Å². The molecule has 2 atom stereocenters. The minimum atomic E-state index is -0.235. The number of anilines is 1. The lowest BCUT2D eigenvalue weighted by atomic mass is 9.91. The Bertz CT molecular complexity index is 422. The lowest BCUT2D eigenvalue weighted by Crippen LogP contribution is -2.44. The van der Waals surface area contributed by atoms with Gasteiger partial charge in [0.25, 0.3) is 0 Å². The van der Waals surface area contributed by atoms with Gasteiger partial charge < -0.3 is 15.3 Å². The van der Waals surface area contributed by atoms with Crippen molar-refractivity contribution >= 4 is 5.82 Å². The summed E-state index contributed by atoms with van der Waals surface area (Å²) < 4.78 is 0. The van der Waals surface area contributed by atoms with Crippen LogP contribution in [0, 0.1) is 0 Å². The first-order valence-electron chi connectivity index (χ1n) is 7.67. The average Bonchev–Trinajstić information content (AvgIpc) is 2.45. The molecule has 0 saturated heterocycles. The molecule has 1 heterocycles. The number of hydrogen-bond donors (Lipinski definition) is 2. The molecule has 4 heteroatoms. The van der Waals surface area contributed by atoms with Crippen LogP contribution in [0.15, 0.2) is 18.3 Å². The van der Waals surface area contributed by atoms with Crippen LogP contribution >= 0.6 is 0 Å². The van der Waals surface area contributed by atoms with E-state index in [9.17, 15) is 5.11 Å². The van der Waals surface area contributed by atoms with E-state index in [2.05, 4.69) is 42.2 Å². The molecule has 20 heavy (non-hydrogen) atoms. The van der Waals surface area contributed by atoms with Gasteiger partial charge in [-0.1, -0.05) is 32.8 Å². The highest BCUT2D eigenvalue weighted by molar-refractivity contribution is 5.47. The zero-order chi connectivity index (χ0) is 14.5.